The molecule has 11 nitrogen and oxygen atoms in total. The number of benzene rings is 2. The van der Waals surface area contributed by atoms with Gasteiger partial charge in [0.25, 0.3) is 0 Å². The van der Waals surface area contributed by atoms with Crippen LogP contribution in [0.25, 0.3) is 22.3 Å². The number of amides is 2. The lowest BCUT2D eigenvalue weighted by atomic mass is 9.73. The SMILES string of the molecule is CNC(O)c1ccc(F)c(Nc2nc(-c3ccc4c(c3)N(C3CC(N5CCCCC5)C3)C(=O)C43CCN(C(C)=O)CC3)cc3ncn(C4CC4)c23)c1. The average molecular weight is 707 g/mol. The summed E-state index contributed by atoms with van der Waals surface area (Å²) in [7, 11) is 1.64. The largest absolute Gasteiger partial charge is 0.374 e. The van der Waals surface area contributed by atoms with Gasteiger partial charge in [0.2, 0.25) is 11.8 Å². The Morgan fingerprint density at radius 3 is 2.46 bits per heavy atom. The number of imidazole rings is 1. The van der Waals surface area contributed by atoms with Crippen LogP contribution in [-0.4, -0.2) is 86.6 Å². The maximum atomic E-state index is 15.3. The van der Waals surface area contributed by atoms with Gasteiger partial charge in [-0.15, -0.1) is 0 Å². The number of nitrogens with zero attached hydrogens (tertiary/aromatic N) is 6. The van der Waals surface area contributed by atoms with Crippen LogP contribution < -0.4 is 15.5 Å². The standard InChI is InChI=1S/C40H47FN8O3/c1-24(50)46-16-12-40(13-17-46)30-10-6-25(19-35(30)49(39(40)52)29-20-28(21-29)47-14-4-3-5-15-47)32-22-34-36(48(23-43-34)27-8-9-27)37(44-32)45-33-18-26(38(51)42-2)7-11-31(33)41/h6-7,10-11,18-19,22-23,27-29,38,42,51H,3-5,8-9,12-17,20-21H2,1-2H3,(H,44,45). The summed E-state index contributed by atoms with van der Waals surface area (Å²) >= 11 is 0. The zero-order valence-electron chi connectivity index (χ0n) is 29.9. The molecule has 2 saturated carbocycles. The van der Waals surface area contributed by atoms with Gasteiger partial charge in [0, 0.05) is 49.4 Å². The number of hydrogen-bond acceptors (Lipinski definition) is 8. The number of rotatable bonds is 8. The predicted octanol–water partition coefficient (Wildman–Crippen LogP) is 5.77. The number of aliphatic hydroxyl groups excluding tert-OH is 1. The minimum atomic E-state index is -0.946. The third-order valence-electron chi connectivity index (χ3n) is 12.4. The van der Waals surface area contributed by atoms with Gasteiger partial charge in [-0.3, -0.25) is 14.9 Å². The number of halogens is 1. The summed E-state index contributed by atoms with van der Waals surface area (Å²) in [6, 6.07) is 13.7. The Morgan fingerprint density at radius 1 is 0.981 bits per heavy atom. The number of likely N-dealkylation sites (tertiary alicyclic amines) is 2. The lowest BCUT2D eigenvalue weighted by molar-refractivity contribution is -0.134. The van der Waals surface area contributed by atoms with Crippen LogP contribution in [0.2, 0.25) is 0 Å². The van der Waals surface area contributed by atoms with Crippen LogP contribution in [0.1, 0.15) is 88.1 Å². The number of pyridine rings is 1. The molecular formula is C40H47FN8O3. The fourth-order valence-electron chi connectivity index (χ4n) is 9.18. The van der Waals surface area contributed by atoms with Crippen molar-refractivity contribution < 1.29 is 19.1 Å². The van der Waals surface area contributed by atoms with Crippen LogP contribution in [-0.2, 0) is 15.0 Å². The maximum Gasteiger partial charge on any atom is 0.238 e. The number of piperidine rings is 2. The smallest absolute Gasteiger partial charge is 0.238 e. The molecule has 272 valence electrons. The quantitative estimate of drug-likeness (QED) is 0.198. The Hall–Kier alpha value is -4.39. The molecule has 2 saturated heterocycles. The Balaban J connectivity index is 1.11. The highest BCUT2D eigenvalue weighted by Crippen LogP contribution is 2.52. The molecule has 2 amide bonds. The predicted molar refractivity (Wildman–Crippen MR) is 198 cm³/mol. The van der Waals surface area contributed by atoms with E-state index in [1.165, 1.54) is 25.3 Å². The van der Waals surface area contributed by atoms with Gasteiger partial charge in [0.05, 0.1) is 28.6 Å². The molecule has 0 bridgehead atoms. The zero-order valence-corrected chi connectivity index (χ0v) is 29.9. The number of fused-ring (bicyclic) bond motifs is 3. The first kappa shape index (κ1) is 33.4. The molecule has 4 fully saturated rings. The van der Waals surface area contributed by atoms with Crippen molar-refractivity contribution in [3.05, 3.63) is 65.7 Å². The first-order valence-electron chi connectivity index (χ1n) is 19.0. The second kappa shape index (κ2) is 12.9. The van der Waals surface area contributed by atoms with Crippen molar-refractivity contribution in [3.63, 3.8) is 0 Å². The van der Waals surface area contributed by atoms with Gasteiger partial charge in [-0.1, -0.05) is 24.6 Å². The highest BCUT2D eigenvalue weighted by Gasteiger charge is 2.55. The molecule has 2 aliphatic carbocycles. The Morgan fingerprint density at radius 2 is 1.75 bits per heavy atom. The van der Waals surface area contributed by atoms with Crippen molar-refractivity contribution in [2.24, 2.45) is 0 Å². The molecule has 3 aliphatic heterocycles. The number of hydrogen-bond donors (Lipinski definition) is 3. The minimum absolute atomic E-state index is 0.0518. The Kier molecular flexibility index (Phi) is 8.31. The van der Waals surface area contributed by atoms with Gasteiger partial charge >= 0.3 is 0 Å². The van der Waals surface area contributed by atoms with E-state index >= 15 is 4.39 Å². The minimum Gasteiger partial charge on any atom is -0.374 e. The van der Waals surface area contributed by atoms with E-state index in [4.69, 9.17) is 9.97 Å². The Labute approximate surface area is 303 Å². The van der Waals surface area contributed by atoms with E-state index in [0.29, 0.717) is 55.1 Å². The molecule has 3 N–H and O–H groups in total. The third-order valence-corrected chi connectivity index (χ3v) is 12.4. The second-order valence-electron chi connectivity index (χ2n) is 15.5. The topological polar surface area (TPSA) is 119 Å². The van der Waals surface area contributed by atoms with E-state index in [9.17, 15) is 14.7 Å². The van der Waals surface area contributed by atoms with Crippen molar-refractivity contribution in [2.45, 2.75) is 94.5 Å². The highest BCUT2D eigenvalue weighted by atomic mass is 19.1. The van der Waals surface area contributed by atoms with Crippen LogP contribution in [0.4, 0.5) is 21.6 Å². The summed E-state index contributed by atoms with van der Waals surface area (Å²) < 4.78 is 17.4. The lowest BCUT2D eigenvalue weighted by Crippen LogP contribution is -2.58. The van der Waals surface area contributed by atoms with E-state index in [1.807, 2.05) is 23.4 Å². The van der Waals surface area contributed by atoms with Crippen molar-refractivity contribution in [3.8, 4) is 11.3 Å². The summed E-state index contributed by atoms with van der Waals surface area (Å²) in [5.74, 6) is 0.242. The molecular weight excluding hydrogens is 659 g/mol. The molecule has 5 aliphatic rings. The van der Waals surface area contributed by atoms with Crippen LogP contribution >= 0.6 is 0 Å². The van der Waals surface area contributed by atoms with E-state index < -0.39 is 17.5 Å². The molecule has 2 aromatic carbocycles. The number of nitrogens with one attached hydrogen (secondary N) is 2. The number of carbonyl (C=O) groups excluding carboxylic acids is 2. The van der Waals surface area contributed by atoms with Crippen molar-refractivity contribution >= 4 is 40.0 Å². The Bertz CT molecular complexity index is 2040. The summed E-state index contributed by atoms with van der Waals surface area (Å²) in [5.41, 5.74) is 5.15. The monoisotopic (exact) mass is 706 g/mol. The van der Waals surface area contributed by atoms with Crippen LogP contribution in [0.3, 0.4) is 0 Å². The van der Waals surface area contributed by atoms with Crippen LogP contribution in [0.5, 0.6) is 0 Å². The lowest BCUT2D eigenvalue weighted by Gasteiger charge is -2.48. The number of aromatic nitrogens is 3. The molecule has 1 spiro atoms. The average Bonchev–Trinajstić information content (AvgIpc) is 3.86. The van der Waals surface area contributed by atoms with Gasteiger partial charge in [0.1, 0.15) is 17.6 Å². The fraction of sp³-hybridized carbons (Fsp3) is 0.500. The van der Waals surface area contributed by atoms with Crippen LogP contribution in [0, 0.1) is 5.82 Å². The molecule has 1 unspecified atom stereocenters. The fourth-order valence-corrected chi connectivity index (χ4v) is 9.18. The highest BCUT2D eigenvalue weighted by molar-refractivity contribution is 6.09. The van der Waals surface area contributed by atoms with Gasteiger partial charge in [0.15, 0.2) is 5.82 Å². The van der Waals surface area contributed by atoms with Crippen molar-refractivity contribution in [1.82, 2.24) is 29.7 Å². The first-order valence-corrected chi connectivity index (χ1v) is 19.0. The van der Waals surface area contributed by atoms with E-state index in [1.54, 1.807) is 26.1 Å². The zero-order chi connectivity index (χ0) is 35.7. The molecule has 4 aromatic rings. The summed E-state index contributed by atoms with van der Waals surface area (Å²) in [6.45, 7) is 5.02. The molecule has 52 heavy (non-hydrogen) atoms. The summed E-state index contributed by atoms with van der Waals surface area (Å²) in [6.07, 6.45) is 9.93. The molecule has 12 heteroatoms. The van der Waals surface area contributed by atoms with Crippen LogP contribution in [0.15, 0.2) is 48.8 Å². The van der Waals surface area contributed by atoms with Gasteiger partial charge in [-0.25, -0.2) is 14.4 Å². The third kappa shape index (κ3) is 5.57. The molecule has 5 heterocycles. The number of aliphatic hydroxyl groups is 1. The molecule has 0 radical (unpaired) electrons. The number of carbonyl (C=O) groups is 2. The van der Waals surface area contributed by atoms with E-state index in [-0.39, 0.29) is 23.5 Å². The normalized spacial score (nSPS) is 23.6. The van der Waals surface area contributed by atoms with Gasteiger partial charge < -0.3 is 29.7 Å². The second-order valence-corrected chi connectivity index (χ2v) is 15.5. The first-order chi connectivity index (χ1) is 25.2. The van der Waals surface area contributed by atoms with Crippen molar-refractivity contribution in [1.29, 1.82) is 0 Å². The summed E-state index contributed by atoms with van der Waals surface area (Å²) in [5, 5.41) is 16.5. The van der Waals surface area contributed by atoms with Gasteiger partial charge in [-0.05, 0) is 107 Å². The van der Waals surface area contributed by atoms with E-state index in [2.05, 4.69) is 37.1 Å². The van der Waals surface area contributed by atoms with Crippen molar-refractivity contribution in [2.75, 3.05) is 43.4 Å². The molecule has 2 aromatic heterocycles. The summed E-state index contributed by atoms with van der Waals surface area (Å²) in [4.78, 5) is 43.5. The van der Waals surface area contributed by atoms with Gasteiger partial charge in [-0.2, -0.15) is 0 Å². The number of anilines is 3. The maximum absolute atomic E-state index is 15.3. The molecule has 1 atom stereocenters. The molecule has 9 rings (SSSR count). The van der Waals surface area contributed by atoms with E-state index in [0.717, 1.165) is 66.6 Å².